The highest BCUT2D eigenvalue weighted by Gasteiger charge is 2.33. The maximum absolute atomic E-state index is 2.58. The molecule has 0 saturated heterocycles. The number of allylic oxidation sites excluding steroid dienone is 2. The van der Waals surface area contributed by atoms with E-state index in [2.05, 4.69) is 234 Å². The zero-order valence-corrected chi connectivity index (χ0v) is 34.4. The summed E-state index contributed by atoms with van der Waals surface area (Å²) in [4.78, 5) is 4.61. The fourth-order valence-electron chi connectivity index (χ4n) is 8.56. The van der Waals surface area contributed by atoms with Gasteiger partial charge in [0, 0.05) is 47.3 Å². The minimum Gasteiger partial charge on any atom is -0.345 e. The van der Waals surface area contributed by atoms with Gasteiger partial charge in [0.25, 0.3) is 0 Å². The van der Waals surface area contributed by atoms with Gasteiger partial charge in [0.15, 0.2) is 0 Å². The largest absolute Gasteiger partial charge is 0.345 e. The Labute approximate surface area is 340 Å². The number of anilines is 5. The van der Waals surface area contributed by atoms with Gasteiger partial charge < -0.3 is 9.80 Å². The van der Waals surface area contributed by atoms with Crippen LogP contribution in [-0.4, -0.2) is 7.05 Å². The van der Waals surface area contributed by atoms with Crippen molar-refractivity contribution in [2.75, 3.05) is 16.8 Å². The molecule has 0 bridgehead atoms. The predicted octanol–water partition coefficient (Wildman–Crippen LogP) is 15.7. The number of benzene rings is 7. The van der Waals surface area contributed by atoms with Crippen LogP contribution >= 0.6 is 0 Å². The van der Waals surface area contributed by atoms with E-state index in [1.807, 2.05) is 0 Å². The summed E-state index contributed by atoms with van der Waals surface area (Å²) in [6.45, 7) is 14.1. The van der Waals surface area contributed by atoms with Gasteiger partial charge in [-0.2, -0.15) is 0 Å². The second kappa shape index (κ2) is 16.2. The minimum absolute atomic E-state index is 0.307. The van der Waals surface area contributed by atoms with E-state index in [9.17, 15) is 0 Å². The van der Waals surface area contributed by atoms with Crippen LogP contribution in [0.3, 0.4) is 0 Å². The first-order valence-corrected chi connectivity index (χ1v) is 20.5. The summed E-state index contributed by atoms with van der Waals surface area (Å²) in [5.41, 5.74) is 19.1. The maximum Gasteiger partial charge on any atom is 0.0462 e. The van der Waals surface area contributed by atoms with Crippen LogP contribution < -0.4 is 9.80 Å². The van der Waals surface area contributed by atoms with Crippen LogP contribution in [0.15, 0.2) is 182 Å². The normalized spacial score (nSPS) is 15.5. The Morgan fingerprint density at radius 1 is 0.439 bits per heavy atom. The molecule has 57 heavy (non-hydrogen) atoms. The summed E-state index contributed by atoms with van der Waals surface area (Å²) < 4.78 is 0. The molecule has 284 valence electrons. The van der Waals surface area contributed by atoms with E-state index in [1.54, 1.807) is 0 Å². The van der Waals surface area contributed by atoms with Crippen molar-refractivity contribution in [2.45, 2.75) is 53.4 Å². The van der Waals surface area contributed by atoms with Gasteiger partial charge in [-0.3, -0.25) is 0 Å². The van der Waals surface area contributed by atoms with E-state index in [0.29, 0.717) is 23.7 Å². The Hall–Kier alpha value is -6.12. The second-order valence-corrected chi connectivity index (χ2v) is 16.3. The van der Waals surface area contributed by atoms with E-state index in [-0.39, 0.29) is 0 Å². The monoisotopic (exact) mass is 742 g/mol. The van der Waals surface area contributed by atoms with Gasteiger partial charge in [0.05, 0.1) is 0 Å². The van der Waals surface area contributed by atoms with Gasteiger partial charge in [0.2, 0.25) is 0 Å². The van der Waals surface area contributed by atoms with Crippen LogP contribution in [0.4, 0.5) is 28.4 Å². The molecule has 7 aromatic rings. The molecule has 2 nitrogen and oxygen atoms in total. The standard InChI is InChI=1S/C55H54N2/c1-37(2)40(5)53-36-39(4)41(6)54-51(34-35-52(55(53)54)45-24-28-47(29-25-45)56(7)46-14-10-8-11-15-46)44-26-32-50(33-27-44)57(48-16-12-9-13-17-48)49-30-22-43(23-31-49)42-20-18-38(3)19-21-42/h8-37,40-41,53H,1-7H3. The minimum atomic E-state index is 0.307. The van der Waals surface area contributed by atoms with Crippen LogP contribution in [0, 0.1) is 18.8 Å². The molecule has 3 atom stereocenters. The molecule has 0 saturated carbocycles. The zero-order chi connectivity index (χ0) is 39.6. The van der Waals surface area contributed by atoms with Crippen molar-refractivity contribution in [1.29, 1.82) is 0 Å². The molecule has 0 amide bonds. The number of para-hydroxylation sites is 2. The average Bonchev–Trinajstić information content (AvgIpc) is 3.25. The number of rotatable bonds is 10. The molecule has 0 aliphatic heterocycles. The zero-order valence-electron chi connectivity index (χ0n) is 34.4. The second-order valence-electron chi connectivity index (χ2n) is 16.3. The third-order valence-electron chi connectivity index (χ3n) is 12.5. The predicted molar refractivity (Wildman–Crippen MR) is 246 cm³/mol. The lowest BCUT2D eigenvalue weighted by Crippen LogP contribution is -2.22. The first-order chi connectivity index (χ1) is 27.7. The summed E-state index contributed by atoms with van der Waals surface area (Å²) in [5, 5.41) is 0. The highest BCUT2D eigenvalue weighted by Crippen LogP contribution is 2.51. The summed E-state index contributed by atoms with van der Waals surface area (Å²) in [6, 6.07) is 62.2. The highest BCUT2D eigenvalue weighted by molar-refractivity contribution is 5.84. The topological polar surface area (TPSA) is 6.48 Å². The maximum atomic E-state index is 2.58. The molecule has 3 unspecified atom stereocenters. The molecule has 0 radical (unpaired) electrons. The SMILES string of the molecule is CC1=CC(C(C)C(C)C)c2c(-c3ccc(N(C)c4ccccc4)cc3)ccc(-c3ccc(N(c4ccccc4)c4ccc(-c5ccc(C)cc5)cc4)cc3)c2C1C. The molecule has 2 heteroatoms. The van der Waals surface area contributed by atoms with Gasteiger partial charge >= 0.3 is 0 Å². The average molecular weight is 743 g/mol. The summed E-state index contributed by atoms with van der Waals surface area (Å²) in [5.74, 6) is 1.67. The Morgan fingerprint density at radius 2 is 0.842 bits per heavy atom. The van der Waals surface area contributed by atoms with E-state index in [1.165, 1.54) is 67.0 Å². The van der Waals surface area contributed by atoms with Gasteiger partial charge in [-0.05, 0) is 131 Å². The summed E-state index contributed by atoms with van der Waals surface area (Å²) in [7, 11) is 2.14. The molecule has 0 aromatic heterocycles. The van der Waals surface area contributed by atoms with Gasteiger partial charge in [0.1, 0.15) is 0 Å². The van der Waals surface area contributed by atoms with Crippen LogP contribution in [-0.2, 0) is 0 Å². The van der Waals surface area contributed by atoms with Gasteiger partial charge in [-0.15, -0.1) is 0 Å². The van der Waals surface area contributed by atoms with Crippen LogP contribution in [0.5, 0.6) is 0 Å². The van der Waals surface area contributed by atoms with Gasteiger partial charge in [-0.25, -0.2) is 0 Å². The quantitative estimate of drug-likeness (QED) is 0.129. The smallest absolute Gasteiger partial charge is 0.0462 e. The highest BCUT2D eigenvalue weighted by atomic mass is 15.1. The molecule has 0 N–H and O–H groups in total. The molecule has 7 aromatic carbocycles. The Kier molecular flexibility index (Phi) is 10.7. The Bertz CT molecular complexity index is 2460. The van der Waals surface area contributed by atoms with Crippen LogP contribution in [0.1, 0.15) is 63.1 Å². The van der Waals surface area contributed by atoms with Gasteiger partial charge in [-0.1, -0.05) is 154 Å². The summed E-state index contributed by atoms with van der Waals surface area (Å²) >= 11 is 0. The third kappa shape index (κ3) is 7.57. The van der Waals surface area contributed by atoms with Crippen molar-refractivity contribution >= 4 is 28.4 Å². The molecule has 8 rings (SSSR count). The van der Waals surface area contributed by atoms with Crippen molar-refractivity contribution in [3.05, 3.63) is 198 Å². The Balaban J connectivity index is 1.19. The number of hydrogen-bond donors (Lipinski definition) is 0. The van der Waals surface area contributed by atoms with E-state index >= 15 is 0 Å². The molecule has 0 heterocycles. The molecular formula is C55H54N2. The lowest BCUT2D eigenvalue weighted by Gasteiger charge is -2.37. The van der Waals surface area contributed by atoms with Crippen molar-refractivity contribution in [2.24, 2.45) is 11.8 Å². The first-order valence-electron chi connectivity index (χ1n) is 20.5. The molecule has 0 spiro atoms. The van der Waals surface area contributed by atoms with E-state index in [0.717, 1.165) is 17.1 Å². The van der Waals surface area contributed by atoms with Crippen molar-refractivity contribution in [1.82, 2.24) is 0 Å². The Morgan fingerprint density at radius 3 is 1.35 bits per heavy atom. The van der Waals surface area contributed by atoms with Crippen LogP contribution in [0.25, 0.3) is 33.4 Å². The van der Waals surface area contributed by atoms with Crippen molar-refractivity contribution < 1.29 is 0 Å². The van der Waals surface area contributed by atoms with E-state index in [4.69, 9.17) is 0 Å². The lowest BCUT2D eigenvalue weighted by molar-refractivity contribution is 0.378. The fourth-order valence-corrected chi connectivity index (χ4v) is 8.56. The molecule has 0 fully saturated rings. The van der Waals surface area contributed by atoms with Crippen molar-refractivity contribution in [3.63, 3.8) is 0 Å². The number of nitrogens with zero attached hydrogens (tertiary/aromatic N) is 2. The lowest BCUT2D eigenvalue weighted by atomic mass is 9.67. The third-order valence-corrected chi connectivity index (χ3v) is 12.5. The molecular weight excluding hydrogens is 689 g/mol. The number of hydrogen-bond acceptors (Lipinski definition) is 2. The summed E-state index contributed by atoms with van der Waals surface area (Å²) in [6.07, 6.45) is 2.58. The van der Waals surface area contributed by atoms with Crippen LogP contribution in [0.2, 0.25) is 0 Å². The first kappa shape index (κ1) is 37.8. The van der Waals surface area contributed by atoms with E-state index < -0.39 is 0 Å². The fraction of sp³-hybridized carbons (Fsp3) is 0.200. The molecule has 1 aliphatic carbocycles. The number of fused-ring (bicyclic) bond motifs is 1. The molecule has 1 aliphatic rings. The van der Waals surface area contributed by atoms with Crippen molar-refractivity contribution in [3.8, 4) is 33.4 Å². The number of aryl methyl sites for hydroxylation is 1.